The molecule has 106 valence electrons. The third kappa shape index (κ3) is 2.16. The number of carbonyl (C=O) groups is 1. The van der Waals surface area contributed by atoms with E-state index in [-0.39, 0.29) is 5.91 Å². The van der Waals surface area contributed by atoms with E-state index in [9.17, 15) is 4.79 Å². The number of nitrogens with zero attached hydrogens (tertiary/aromatic N) is 1. The topological polar surface area (TPSA) is 36.1 Å². The highest BCUT2D eigenvalue weighted by atomic mass is 32.1. The van der Waals surface area contributed by atoms with Gasteiger partial charge in [-0.25, -0.2) is 0 Å². The van der Waals surface area contributed by atoms with Crippen LogP contribution in [-0.2, 0) is 0 Å². The molecule has 1 aliphatic heterocycles. The zero-order valence-corrected chi connectivity index (χ0v) is 12.4. The van der Waals surface area contributed by atoms with Crippen molar-refractivity contribution in [2.45, 2.75) is 12.3 Å². The first-order chi connectivity index (χ1) is 10.3. The Kier molecular flexibility index (Phi) is 3.04. The second-order valence-corrected chi connectivity index (χ2v) is 6.45. The molecule has 1 aliphatic rings. The van der Waals surface area contributed by atoms with Gasteiger partial charge >= 0.3 is 0 Å². The zero-order valence-electron chi connectivity index (χ0n) is 11.6. The molecule has 3 heterocycles. The molecule has 1 fully saturated rings. The van der Waals surface area contributed by atoms with Gasteiger partial charge in [0, 0.05) is 36.1 Å². The number of likely N-dealkylation sites (tertiary alicyclic amines) is 1. The minimum Gasteiger partial charge on any atom is -0.361 e. The van der Waals surface area contributed by atoms with E-state index in [1.165, 1.54) is 27.8 Å². The molecule has 3 aromatic rings. The predicted molar refractivity (Wildman–Crippen MR) is 85.9 cm³/mol. The summed E-state index contributed by atoms with van der Waals surface area (Å²) in [5, 5.41) is 3.24. The van der Waals surface area contributed by atoms with Gasteiger partial charge in [-0.2, -0.15) is 0 Å². The molecule has 4 rings (SSSR count). The highest BCUT2D eigenvalue weighted by Crippen LogP contribution is 2.33. The van der Waals surface area contributed by atoms with Crippen molar-refractivity contribution in [1.29, 1.82) is 0 Å². The number of nitrogens with one attached hydrogen (secondary N) is 1. The summed E-state index contributed by atoms with van der Waals surface area (Å²) in [5.74, 6) is 0.609. The maximum absolute atomic E-state index is 12.4. The van der Waals surface area contributed by atoms with Crippen LogP contribution in [0.3, 0.4) is 0 Å². The summed E-state index contributed by atoms with van der Waals surface area (Å²) in [6, 6.07) is 12.2. The Morgan fingerprint density at radius 3 is 3.00 bits per heavy atom. The van der Waals surface area contributed by atoms with Crippen LogP contribution in [0.2, 0.25) is 0 Å². The number of para-hydroxylation sites is 1. The van der Waals surface area contributed by atoms with Crippen molar-refractivity contribution in [3.05, 3.63) is 58.4 Å². The van der Waals surface area contributed by atoms with Crippen LogP contribution in [0.15, 0.2) is 48.0 Å². The second kappa shape index (κ2) is 5.04. The van der Waals surface area contributed by atoms with Crippen molar-refractivity contribution < 1.29 is 4.79 Å². The quantitative estimate of drug-likeness (QED) is 0.766. The number of hydrogen-bond acceptors (Lipinski definition) is 2. The minimum atomic E-state index is 0.173. The van der Waals surface area contributed by atoms with Gasteiger partial charge in [-0.15, -0.1) is 11.3 Å². The Labute approximate surface area is 127 Å². The minimum absolute atomic E-state index is 0.173. The highest BCUT2D eigenvalue weighted by molar-refractivity contribution is 7.12. The van der Waals surface area contributed by atoms with Gasteiger partial charge in [-0.1, -0.05) is 24.3 Å². The van der Waals surface area contributed by atoms with Gasteiger partial charge in [0.05, 0.1) is 4.88 Å². The van der Waals surface area contributed by atoms with Crippen molar-refractivity contribution >= 4 is 28.1 Å². The molecule has 21 heavy (non-hydrogen) atoms. The van der Waals surface area contributed by atoms with E-state index >= 15 is 0 Å². The fraction of sp³-hybridized carbons (Fsp3) is 0.235. The van der Waals surface area contributed by atoms with Crippen LogP contribution in [-0.4, -0.2) is 28.9 Å². The van der Waals surface area contributed by atoms with Crippen LogP contribution in [0.25, 0.3) is 10.9 Å². The van der Waals surface area contributed by atoms with E-state index < -0.39 is 0 Å². The number of thiophene rings is 1. The van der Waals surface area contributed by atoms with E-state index in [4.69, 9.17) is 0 Å². The Morgan fingerprint density at radius 1 is 1.24 bits per heavy atom. The van der Waals surface area contributed by atoms with Crippen LogP contribution in [0.1, 0.15) is 27.6 Å². The van der Waals surface area contributed by atoms with Gasteiger partial charge in [-0.05, 0) is 29.5 Å². The molecular weight excluding hydrogens is 280 g/mol. The van der Waals surface area contributed by atoms with Crippen molar-refractivity contribution in [3.8, 4) is 0 Å². The van der Waals surface area contributed by atoms with Crippen LogP contribution >= 0.6 is 11.3 Å². The molecule has 1 atom stereocenters. The maximum atomic E-state index is 12.4. The molecule has 3 nitrogen and oxygen atoms in total. The Morgan fingerprint density at radius 2 is 2.14 bits per heavy atom. The summed E-state index contributed by atoms with van der Waals surface area (Å²) in [4.78, 5) is 18.6. The average molecular weight is 296 g/mol. The zero-order chi connectivity index (χ0) is 14.2. The normalized spacial score (nSPS) is 18.5. The Hall–Kier alpha value is -2.07. The lowest BCUT2D eigenvalue weighted by atomic mass is 9.98. The number of H-pyrrole nitrogens is 1. The fourth-order valence-corrected chi connectivity index (χ4v) is 3.88. The lowest BCUT2D eigenvalue weighted by Gasteiger charge is -2.15. The van der Waals surface area contributed by atoms with E-state index in [2.05, 4.69) is 29.4 Å². The molecule has 1 N–H and O–H groups in total. The van der Waals surface area contributed by atoms with Gasteiger partial charge in [0.2, 0.25) is 0 Å². The van der Waals surface area contributed by atoms with E-state index in [1.54, 1.807) is 0 Å². The average Bonchev–Trinajstić information content (AvgIpc) is 3.25. The molecule has 0 spiro atoms. The van der Waals surface area contributed by atoms with Crippen molar-refractivity contribution in [1.82, 2.24) is 9.88 Å². The maximum Gasteiger partial charge on any atom is 0.263 e. The number of fused-ring (bicyclic) bond motifs is 1. The van der Waals surface area contributed by atoms with Crippen molar-refractivity contribution in [2.75, 3.05) is 13.1 Å². The summed E-state index contributed by atoms with van der Waals surface area (Å²) in [7, 11) is 0. The SMILES string of the molecule is O=C(c1cccs1)N1CCC(c2c[nH]c3ccccc23)C1. The molecule has 4 heteroatoms. The highest BCUT2D eigenvalue weighted by Gasteiger charge is 2.29. The second-order valence-electron chi connectivity index (χ2n) is 5.50. The number of hydrogen-bond donors (Lipinski definition) is 1. The predicted octanol–water partition coefficient (Wildman–Crippen LogP) is 3.86. The third-order valence-electron chi connectivity index (χ3n) is 4.27. The van der Waals surface area contributed by atoms with Gasteiger partial charge < -0.3 is 9.88 Å². The number of aromatic nitrogens is 1. The molecule has 1 saturated heterocycles. The molecule has 1 amide bonds. The molecule has 1 unspecified atom stereocenters. The van der Waals surface area contributed by atoms with Gasteiger partial charge in [0.25, 0.3) is 5.91 Å². The van der Waals surface area contributed by atoms with E-state index in [1.807, 2.05) is 28.5 Å². The van der Waals surface area contributed by atoms with Gasteiger partial charge in [0.1, 0.15) is 0 Å². The molecule has 0 bridgehead atoms. The monoisotopic (exact) mass is 296 g/mol. The fourth-order valence-electron chi connectivity index (χ4n) is 3.19. The number of carbonyl (C=O) groups excluding carboxylic acids is 1. The number of benzene rings is 1. The summed E-state index contributed by atoms with van der Waals surface area (Å²) in [6.45, 7) is 1.67. The third-order valence-corrected chi connectivity index (χ3v) is 5.13. The smallest absolute Gasteiger partial charge is 0.263 e. The molecule has 2 aromatic heterocycles. The van der Waals surface area contributed by atoms with Crippen LogP contribution in [0, 0.1) is 0 Å². The van der Waals surface area contributed by atoms with Crippen molar-refractivity contribution in [2.24, 2.45) is 0 Å². The standard InChI is InChI=1S/C17H16N2OS/c20-17(16-6-3-9-21-16)19-8-7-12(11-19)14-10-18-15-5-2-1-4-13(14)15/h1-6,9-10,12,18H,7-8,11H2. The number of aromatic amines is 1. The molecule has 0 saturated carbocycles. The van der Waals surface area contributed by atoms with E-state index in [0.29, 0.717) is 5.92 Å². The molecule has 0 aliphatic carbocycles. The van der Waals surface area contributed by atoms with Crippen LogP contribution in [0.4, 0.5) is 0 Å². The Bertz CT molecular complexity index is 775. The number of amides is 1. The van der Waals surface area contributed by atoms with Crippen LogP contribution < -0.4 is 0 Å². The number of rotatable bonds is 2. The lowest BCUT2D eigenvalue weighted by Crippen LogP contribution is -2.27. The molecular formula is C17H16N2OS. The first-order valence-electron chi connectivity index (χ1n) is 7.22. The summed E-state index contributed by atoms with van der Waals surface area (Å²) in [6.07, 6.45) is 3.15. The molecule has 0 radical (unpaired) electrons. The first-order valence-corrected chi connectivity index (χ1v) is 8.09. The largest absolute Gasteiger partial charge is 0.361 e. The Balaban J connectivity index is 1.58. The summed E-state index contributed by atoms with van der Waals surface area (Å²) in [5.41, 5.74) is 2.52. The van der Waals surface area contributed by atoms with Crippen LogP contribution in [0.5, 0.6) is 0 Å². The summed E-state index contributed by atoms with van der Waals surface area (Å²) >= 11 is 1.52. The van der Waals surface area contributed by atoms with Crippen molar-refractivity contribution in [3.63, 3.8) is 0 Å². The van der Waals surface area contributed by atoms with Gasteiger partial charge in [-0.3, -0.25) is 4.79 Å². The molecule has 1 aromatic carbocycles. The summed E-state index contributed by atoms with van der Waals surface area (Å²) < 4.78 is 0. The first kappa shape index (κ1) is 12.7. The van der Waals surface area contributed by atoms with E-state index in [0.717, 1.165) is 24.4 Å². The van der Waals surface area contributed by atoms with Gasteiger partial charge in [0.15, 0.2) is 0 Å². The lowest BCUT2D eigenvalue weighted by molar-refractivity contribution is 0.0795.